The van der Waals surface area contributed by atoms with Gasteiger partial charge < -0.3 is 10.6 Å². The zero-order valence-electron chi connectivity index (χ0n) is 15.7. The van der Waals surface area contributed by atoms with Crippen LogP contribution in [0.3, 0.4) is 0 Å². The Morgan fingerprint density at radius 3 is 2.21 bits per heavy atom. The molecule has 0 radical (unpaired) electrons. The molecule has 2 aromatic rings. The lowest BCUT2D eigenvalue weighted by Crippen LogP contribution is -2.44. The third kappa shape index (κ3) is 5.92. The first-order valence-electron chi connectivity index (χ1n) is 8.41. The van der Waals surface area contributed by atoms with Gasteiger partial charge in [-0.25, -0.2) is 0 Å². The number of non-ortho nitro benzene ring substituents is 1. The Bertz CT molecular complexity index is 931. The summed E-state index contributed by atoms with van der Waals surface area (Å²) in [5.74, 6) is -1.06. The lowest BCUT2D eigenvalue weighted by Gasteiger charge is -2.22. The number of nitrogens with one attached hydrogen (secondary N) is 2. The van der Waals surface area contributed by atoms with Crippen LogP contribution in [0.5, 0.6) is 0 Å². The monoisotopic (exact) mass is 401 g/mol. The Balaban J connectivity index is 2.33. The largest absolute Gasteiger partial charge is 0.346 e. The average Bonchev–Trinajstić information content (AvgIpc) is 2.61. The van der Waals surface area contributed by atoms with E-state index >= 15 is 0 Å². The van der Waals surface area contributed by atoms with Crippen molar-refractivity contribution in [2.75, 3.05) is 0 Å². The molecular formula is C20H20ClN3O4. The molecule has 0 aliphatic carbocycles. The molecule has 2 N–H and O–H groups in total. The molecule has 146 valence electrons. The van der Waals surface area contributed by atoms with Gasteiger partial charge >= 0.3 is 0 Å². The van der Waals surface area contributed by atoms with Crippen molar-refractivity contribution in [3.63, 3.8) is 0 Å². The molecule has 0 saturated heterocycles. The topological polar surface area (TPSA) is 101 Å². The first kappa shape index (κ1) is 21.1. The number of nitro groups is 1. The van der Waals surface area contributed by atoms with Crippen LogP contribution >= 0.6 is 11.6 Å². The summed E-state index contributed by atoms with van der Waals surface area (Å²) < 4.78 is 0. The zero-order chi connectivity index (χ0) is 20.9. The van der Waals surface area contributed by atoms with Gasteiger partial charge in [0, 0.05) is 28.3 Å². The molecule has 0 spiro atoms. The number of rotatable bonds is 5. The summed E-state index contributed by atoms with van der Waals surface area (Å²) in [6, 6.07) is 12.0. The molecule has 0 unspecified atom stereocenters. The maximum atomic E-state index is 12.7. The number of benzene rings is 2. The van der Waals surface area contributed by atoms with Crippen LogP contribution in [-0.4, -0.2) is 22.3 Å². The van der Waals surface area contributed by atoms with Crippen LogP contribution in [0.4, 0.5) is 5.69 Å². The number of nitro benzene ring substituents is 1. The minimum absolute atomic E-state index is 0.00591. The fourth-order valence-electron chi connectivity index (χ4n) is 2.24. The number of carbonyl (C=O) groups excluding carboxylic acids is 2. The van der Waals surface area contributed by atoms with Crippen molar-refractivity contribution < 1.29 is 14.5 Å². The molecule has 2 amide bonds. The molecule has 2 aromatic carbocycles. The van der Waals surface area contributed by atoms with Gasteiger partial charge in [0.1, 0.15) is 5.70 Å². The molecule has 0 bridgehead atoms. The minimum Gasteiger partial charge on any atom is -0.346 e. The highest BCUT2D eigenvalue weighted by Crippen LogP contribution is 2.18. The van der Waals surface area contributed by atoms with Gasteiger partial charge in [-0.3, -0.25) is 19.7 Å². The van der Waals surface area contributed by atoms with E-state index in [2.05, 4.69) is 10.6 Å². The normalized spacial score (nSPS) is 11.6. The smallest absolute Gasteiger partial charge is 0.269 e. The lowest BCUT2D eigenvalue weighted by molar-refractivity contribution is -0.384. The van der Waals surface area contributed by atoms with Crippen molar-refractivity contribution >= 4 is 35.2 Å². The number of amides is 2. The lowest BCUT2D eigenvalue weighted by atomic mass is 10.1. The molecule has 0 atom stereocenters. The molecule has 28 heavy (non-hydrogen) atoms. The minimum atomic E-state index is -0.572. The number of hydrogen-bond donors (Lipinski definition) is 2. The van der Waals surface area contributed by atoms with Crippen LogP contribution in [-0.2, 0) is 4.79 Å². The molecule has 0 aliphatic heterocycles. The van der Waals surface area contributed by atoms with Crippen molar-refractivity contribution in [2.45, 2.75) is 26.3 Å². The van der Waals surface area contributed by atoms with E-state index in [1.807, 2.05) is 20.8 Å². The molecule has 0 heterocycles. The summed E-state index contributed by atoms with van der Waals surface area (Å²) in [6.45, 7) is 5.45. The molecule has 2 rings (SSSR count). The first-order chi connectivity index (χ1) is 13.1. The Labute approximate surface area is 167 Å². The molecule has 0 fully saturated rings. The second-order valence-electron chi connectivity index (χ2n) is 7.04. The van der Waals surface area contributed by atoms with Crippen molar-refractivity contribution in [1.82, 2.24) is 10.6 Å². The standard InChI is InChI=1S/C20H20ClN3O4/c1-20(2,3)23-19(26)17(12-14-6-4-5-7-16(14)21)22-18(25)13-8-10-15(11-9-13)24(27)28/h4-12H,1-3H3,(H,22,25)(H,23,26)/b17-12-. The quantitative estimate of drug-likeness (QED) is 0.450. The van der Waals surface area contributed by atoms with Gasteiger partial charge in [-0.2, -0.15) is 0 Å². The predicted molar refractivity (Wildman–Crippen MR) is 108 cm³/mol. The van der Waals surface area contributed by atoms with E-state index in [1.54, 1.807) is 24.3 Å². The highest BCUT2D eigenvalue weighted by Gasteiger charge is 2.20. The van der Waals surface area contributed by atoms with E-state index < -0.39 is 22.3 Å². The van der Waals surface area contributed by atoms with Crippen LogP contribution in [0.15, 0.2) is 54.2 Å². The number of carbonyl (C=O) groups is 2. The highest BCUT2D eigenvalue weighted by atomic mass is 35.5. The van der Waals surface area contributed by atoms with Gasteiger partial charge in [0.2, 0.25) is 0 Å². The third-order valence-corrected chi connectivity index (χ3v) is 3.87. The van der Waals surface area contributed by atoms with E-state index in [0.717, 1.165) is 0 Å². The van der Waals surface area contributed by atoms with E-state index in [0.29, 0.717) is 10.6 Å². The van der Waals surface area contributed by atoms with Gasteiger partial charge in [0.25, 0.3) is 17.5 Å². The number of hydrogen-bond acceptors (Lipinski definition) is 4. The Kier molecular flexibility index (Phi) is 6.53. The third-order valence-electron chi connectivity index (χ3n) is 3.53. The Hall–Kier alpha value is -3.19. The summed E-state index contributed by atoms with van der Waals surface area (Å²) in [6.07, 6.45) is 1.48. The first-order valence-corrected chi connectivity index (χ1v) is 8.79. The fraction of sp³-hybridized carbons (Fsp3) is 0.200. The average molecular weight is 402 g/mol. The fourth-order valence-corrected chi connectivity index (χ4v) is 2.43. The summed E-state index contributed by atoms with van der Waals surface area (Å²) in [5, 5.41) is 16.5. The highest BCUT2D eigenvalue weighted by molar-refractivity contribution is 6.32. The van der Waals surface area contributed by atoms with Crippen molar-refractivity contribution in [3.05, 3.63) is 80.5 Å². The summed E-state index contributed by atoms with van der Waals surface area (Å²) in [7, 11) is 0. The second-order valence-corrected chi connectivity index (χ2v) is 7.45. The number of halogens is 1. The zero-order valence-corrected chi connectivity index (χ0v) is 16.4. The van der Waals surface area contributed by atoms with E-state index in [1.165, 1.54) is 30.3 Å². The van der Waals surface area contributed by atoms with Crippen molar-refractivity contribution in [1.29, 1.82) is 0 Å². The molecule has 8 heteroatoms. The maximum Gasteiger partial charge on any atom is 0.269 e. The van der Waals surface area contributed by atoms with Crippen LogP contribution in [0.1, 0.15) is 36.7 Å². The summed E-state index contributed by atoms with van der Waals surface area (Å²) >= 11 is 6.15. The van der Waals surface area contributed by atoms with Gasteiger partial charge in [0.05, 0.1) is 4.92 Å². The Morgan fingerprint density at radius 2 is 1.68 bits per heavy atom. The second kappa shape index (κ2) is 8.67. The van der Waals surface area contributed by atoms with Gasteiger partial charge in [-0.1, -0.05) is 29.8 Å². The van der Waals surface area contributed by atoms with Crippen molar-refractivity contribution in [2.24, 2.45) is 0 Å². The van der Waals surface area contributed by atoms with Crippen LogP contribution in [0, 0.1) is 10.1 Å². The van der Waals surface area contributed by atoms with Crippen LogP contribution in [0.2, 0.25) is 5.02 Å². The van der Waals surface area contributed by atoms with E-state index in [4.69, 9.17) is 11.6 Å². The van der Waals surface area contributed by atoms with Gasteiger partial charge in [-0.15, -0.1) is 0 Å². The predicted octanol–water partition coefficient (Wildman–Crippen LogP) is 3.93. The Morgan fingerprint density at radius 1 is 1.07 bits per heavy atom. The summed E-state index contributed by atoms with van der Waals surface area (Å²) in [4.78, 5) is 35.4. The molecule has 0 aliphatic rings. The SMILES string of the molecule is CC(C)(C)NC(=O)/C(=C/c1ccccc1Cl)NC(=O)c1ccc([N+](=O)[O-])cc1. The summed E-state index contributed by atoms with van der Waals surface area (Å²) in [5.41, 5.74) is 0.0982. The molecular weight excluding hydrogens is 382 g/mol. The number of nitrogens with zero attached hydrogens (tertiary/aromatic N) is 1. The van der Waals surface area contributed by atoms with Crippen molar-refractivity contribution in [3.8, 4) is 0 Å². The van der Waals surface area contributed by atoms with Gasteiger partial charge in [0.15, 0.2) is 0 Å². The van der Waals surface area contributed by atoms with E-state index in [9.17, 15) is 19.7 Å². The molecule has 0 aromatic heterocycles. The molecule has 0 saturated carbocycles. The van der Waals surface area contributed by atoms with Crippen LogP contribution in [0.25, 0.3) is 6.08 Å². The van der Waals surface area contributed by atoms with E-state index in [-0.39, 0.29) is 16.9 Å². The van der Waals surface area contributed by atoms with Gasteiger partial charge in [-0.05, 0) is 50.6 Å². The van der Waals surface area contributed by atoms with Crippen LogP contribution < -0.4 is 10.6 Å². The maximum absolute atomic E-state index is 12.7. The molecule has 7 nitrogen and oxygen atoms in total.